The highest BCUT2D eigenvalue weighted by atomic mass is 35.5. The molecule has 0 radical (unpaired) electrons. The van der Waals surface area contributed by atoms with Gasteiger partial charge in [-0.05, 0) is 13.8 Å². The molecule has 0 aromatic carbocycles. The van der Waals surface area contributed by atoms with Crippen molar-refractivity contribution in [2.75, 3.05) is 5.32 Å². The van der Waals surface area contributed by atoms with Crippen LogP contribution in [-0.4, -0.2) is 36.2 Å². The number of H-pyrrole nitrogens is 1. The predicted molar refractivity (Wildman–Crippen MR) is 71.5 cm³/mol. The molecule has 1 unspecified atom stereocenters. The summed E-state index contributed by atoms with van der Waals surface area (Å²) < 4.78 is 0. The van der Waals surface area contributed by atoms with Gasteiger partial charge < -0.3 is 10.4 Å². The number of halogens is 1. The highest BCUT2D eigenvalue weighted by molar-refractivity contribution is 6.32. The molecule has 20 heavy (non-hydrogen) atoms. The van der Waals surface area contributed by atoms with Gasteiger partial charge in [0, 0.05) is 0 Å². The summed E-state index contributed by atoms with van der Waals surface area (Å²) in [6.45, 7) is 3.57. The number of hydrogen-bond donors (Lipinski definition) is 3. The summed E-state index contributed by atoms with van der Waals surface area (Å²) in [5.74, 6) is 0.837. The minimum atomic E-state index is -0.970. The number of aromatic nitrogens is 5. The van der Waals surface area contributed by atoms with Gasteiger partial charge in [-0.3, -0.25) is 9.89 Å². The molecular formula is C11H13ClN6O2. The van der Waals surface area contributed by atoms with Gasteiger partial charge in [0.05, 0.1) is 12.2 Å². The first-order valence-corrected chi connectivity index (χ1v) is 6.22. The zero-order valence-electron chi connectivity index (χ0n) is 10.9. The van der Waals surface area contributed by atoms with Gasteiger partial charge in [0.25, 0.3) is 0 Å². The van der Waals surface area contributed by atoms with Crippen molar-refractivity contribution >= 4 is 23.4 Å². The maximum Gasteiger partial charge on any atom is 0.311 e. The number of anilines is 1. The summed E-state index contributed by atoms with van der Waals surface area (Å²) in [5.41, 5.74) is 0. The number of hydrogen-bond acceptors (Lipinski definition) is 6. The van der Waals surface area contributed by atoms with E-state index in [1.54, 1.807) is 6.92 Å². The van der Waals surface area contributed by atoms with Crippen LogP contribution >= 0.6 is 11.6 Å². The minimum Gasteiger partial charge on any atom is -0.481 e. The Morgan fingerprint density at radius 1 is 1.55 bits per heavy atom. The van der Waals surface area contributed by atoms with Crippen molar-refractivity contribution in [3.05, 3.63) is 28.7 Å². The fourth-order valence-electron chi connectivity index (χ4n) is 1.55. The number of nitrogens with zero attached hydrogens (tertiary/aromatic N) is 4. The Morgan fingerprint density at radius 2 is 2.30 bits per heavy atom. The molecule has 0 fully saturated rings. The molecule has 3 N–H and O–H groups in total. The summed E-state index contributed by atoms with van der Waals surface area (Å²) in [5, 5.41) is 18.7. The molecule has 2 rings (SSSR count). The smallest absolute Gasteiger partial charge is 0.311 e. The van der Waals surface area contributed by atoms with Crippen LogP contribution in [0.15, 0.2) is 6.20 Å². The summed E-state index contributed by atoms with van der Waals surface area (Å²) in [6, 6.07) is -0.277. The van der Waals surface area contributed by atoms with Crippen LogP contribution in [0.25, 0.3) is 0 Å². The Labute approximate surface area is 119 Å². The Balaban J connectivity index is 2.11. The number of carboxylic acid groups (broad SMARTS) is 1. The van der Waals surface area contributed by atoms with Gasteiger partial charge in [0.15, 0.2) is 5.82 Å². The molecule has 0 saturated heterocycles. The van der Waals surface area contributed by atoms with Crippen LogP contribution in [0.5, 0.6) is 0 Å². The first kappa shape index (κ1) is 14.2. The second-order valence-corrected chi connectivity index (χ2v) is 4.60. The van der Waals surface area contributed by atoms with Gasteiger partial charge >= 0.3 is 5.97 Å². The summed E-state index contributed by atoms with van der Waals surface area (Å²) in [6.07, 6.45) is 1.31. The summed E-state index contributed by atoms with van der Waals surface area (Å²) in [4.78, 5) is 22.8. The van der Waals surface area contributed by atoms with Crippen LogP contribution in [-0.2, 0) is 11.2 Å². The molecule has 2 aromatic rings. The van der Waals surface area contributed by atoms with E-state index in [9.17, 15) is 4.79 Å². The maximum absolute atomic E-state index is 10.6. The lowest BCUT2D eigenvalue weighted by molar-refractivity contribution is -0.136. The molecule has 2 heterocycles. The SMILES string of the molecule is Cc1ncc(Cl)c(NC(C)c2n[nH]c(CC(=O)O)n2)n1. The zero-order valence-corrected chi connectivity index (χ0v) is 11.6. The molecule has 9 heteroatoms. The van der Waals surface area contributed by atoms with Crippen molar-refractivity contribution in [1.82, 2.24) is 25.1 Å². The molecule has 0 bridgehead atoms. The first-order valence-electron chi connectivity index (χ1n) is 5.84. The lowest BCUT2D eigenvalue weighted by Crippen LogP contribution is -2.11. The molecule has 0 saturated carbocycles. The zero-order chi connectivity index (χ0) is 14.7. The average molecular weight is 297 g/mol. The average Bonchev–Trinajstić information content (AvgIpc) is 2.81. The van der Waals surface area contributed by atoms with Crippen LogP contribution in [0, 0.1) is 6.92 Å². The van der Waals surface area contributed by atoms with E-state index in [-0.39, 0.29) is 12.5 Å². The van der Waals surface area contributed by atoms with Crippen molar-refractivity contribution in [1.29, 1.82) is 0 Å². The molecule has 0 aliphatic carbocycles. The van der Waals surface area contributed by atoms with Gasteiger partial charge in [-0.1, -0.05) is 11.6 Å². The molecule has 0 amide bonds. The molecule has 8 nitrogen and oxygen atoms in total. The van der Waals surface area contributed by atoms with E-state index in [1.165, 1.54) is 6.20 Å². The third-order valence-electron chi connectivity index (χ3n) is 2.47. The summed E-state index contributed by atoms with van der Waals surface area (Å²) in [7, 11) is 0. The number of aliphatic carboxylic acids is 1. The van der Waals surface area contributed by atoms with Gasteiger partial charge in [-0.2, -0.15) is 5.10 Å². The minimum absolute atomic E-state index is 0.201. The molecule has 2 aromatic heterocycles. The largest absolute Gasteiger partial charge is 0.481 e. The van der Waals surface area contributed by atoms with E-state index in [1.807, 2.05) is 6.92 Å². The fourth-order valence-corrected chi connectivity index (χ4v) is 1.70. The molecule has 1 atom stereocenters. The van der Waals surface area contributed by atoms with E-state index in [0.717, 1.165) is 0 Å². The van der Waals surface area contributed by atoms with Gasteiger partial charge in [0.1, 0.15) is 28.9 Å². The number of aryl methyl sites for hydroxylation is 1. The topological polar surface area (TPSA) is 117 Å². The molecular weight excluding hydrogens is 284 g/mol. The third-order valence-corrected chi connectivity index (χ3v) is 2.75. The Morgan fingerprint density at radius 3 is 3.00 bits per heavy atom. The van der Waals surface area contributed by atoms with Gasteiger partial charge in [-0.15, -0.1) is 0 Å². The van der Waals surface area contributed by atoms with E-state index < -0.39 is 5.97 Å². The fraction of sp³-hybridized carbons (Fsp3) is 0.364. The third kappa shape index (κ3) is 3.41. The number of carboxylic acids is 1. The predicted octanol–water partition coefficient (Wildman–Crippen LogP) is 1.36. The standard InChI is InChI=1S/C11H13ClN6O2/c1-5(10-16-8(17-18-10)3-9(19)20)14-11-7(12)4-13-6(2)15-11/h4-5H,3H2,1-2H3,(H,19,20)(H,13,14,15)(H,16,17,18). The maximum atomic E-state index is 10.6. The molecule has 0 aliphatic rings. The highest BCUT2D eigenvalue weighted by Crippen LogP contribution is 2.22. The lowest BCUT2D eigenvalue weighted by atomic mass is 10.3. The van der Waals surface area contributed by atoms with Gasteiger partial charge in [-0.25, -0.2) is 15.0 Å². The van der Waals surface area contributed by atoms with Crippen molar-refractivity contribution in [2.24, 2.45) is 0 Å². The molecule has 0 spiro atoms. The number of rotatable bonds is 5. The van der Waals surface area contributed by atoms with Crippen LogP contribution in [0.4, 0.5) is 5.82 Å². The lowest BCUT2D eigenvalue weighted by Gasteiger charge is -2.12. The second-order valence-electron chi connectivity index (χ2n) is 4.19. The van der Waals surface area contributed by atoms with Crippen LogP contribution < -0.4 is 5.32 Å². The van der Waals surface area contributed by atoms with Crippen LogP contribution in [0.3, 0.4) is 0 Å². The van der Waals surface area contributed by atoms with Crippen molar-refractivity contribution in [3.63, 3.8) is 0 Å². The highest BCUT2D eigenvalue weighted by Gasteiger charge is 2.15. The van der Waals surface area contributed by atoms with Crippen LogP contribution in [0.1, 0.15) is 30.4 Å². The normalized spacial score (nSPS) is 12.2. The van der Waals surface area contributed by atoms with E-state index >= 15 is 0 Å². The Hall–Kier alpha value is -2.22. The summed E-state index contributed by atoms with van der Waals surface area (Å²) >= 11 is 5.99. The van der Waals surface area contributed by atoms with E-state index in [4.69, 9.17) is 16.7 Å². The monoisotopic (exact) mass is 296 g/mol. The molecule has 106 valence electrons. The van der Waals surface area contributed by atoms with E-state index in [0.29, 0.717) is 28.3 Å². The Bertz CT molecular complexity index is 629. The first-order chi connectivity index (χ1) is 9.45. The number of nitrogens with one attached hydrogen (secondary N) is 2. The quantitative estimate of drug-likeness (QED) is 0.762. The van der Waals surface area contributed by atoms with E-state index in [2.05, 4.69) is 30.5 Å². The molecule has 0 aliphatic heterocycles. The van der Waals surface area contributed by atoms with Crippen molar-refractivity contribution in [3.8, 4) is 0 Å². The van der Waals surface area contributed by atoms with Crippen molar-refractivity contribution in [2.45, 2.75) is 26.3 Å². The van der Waals surface area contributed by atoms with Crippen LogP contribution in [0.2, 0.25) is 5.02 Å². The Kier molecular flexibility index (Phi) is 4.14. The number of aromatic amines is 1. The second kappa shape index (κ2) is 5.83. The van der Waals surface area contributed by atoms with Crippen molar-refractivity contribution < 1.29 is 9.90 Å². The number of carbonyl (C=O) groups is 1. The van der Waals surface area contributed by atoms with Gasteiger partial charge in [0.2, 0.25) is 0 Å².